The third-order valence-corrected chi connectivity index (χ3v) is 4.77. The fourth-order valence-corrected chi connectivity index (χ4v) is 3.35. The molecular weight excluding hydrogens is 268 g/mol. The quantitative estimate of drug-likeness (QED) is 0.849. The van der Waals surface area contributed by atoms with Crippen LogP contribution in [0.25, 0.3) is 0 Å². The second-order valence-electron chi connectivity index (χ2n) is 6.34. The van der Waals surface area contributed by atoms with Crippen LogP contribution in [0.5, 0.6) is 0 Å². The summed E-state index contributed by atoms with van der Waals surface area (Å²) in [6.45, 7) is 9.17. The van der Waals surface area contributed by atoms with Crippen molar-refractivity contribution in [3.8, 4) is 0 Å². The van der Waals surface area contributed by atoms with Crippen molar-refractivity contribution in [2.45, 2.75) is 64.7 Å². The number of rotatable bonds is 5. The van der Waals surface area contributed by atoms with Crippen LogP contribution in [0.1, 0.15) is 52.9 Å². The number of ether oxygens (including phenoxy) is 2. The third kappa shape index (κ3) is 4.10. The van der Waals surface area contributed by atoms with E-state index in [9.17, 15) is 4.79 Å². The van der Waals surface area contributed by atoms with Gasteiger partial charge in [-0.3, -0.25) is 0 Å². The number of hydrogen-bond acceptors (Lipinski definition) is 3. The Kier molecular flexibility index (Phi) is 5.88. The highest BCUT2D eigenvalue weighted by Gasteiger charge is 2.42. The number of carbonyl (C=O) groups excluding carboxylic acids is 1. The van der Waals surface area contributed by atoms with Crippen molar-refractivity contribution in [3.63, 3.8) is 0 Å². The van der Waals surface area contributed by atoms with Crippen LogP contribution in [0.3, 0.4) is 0 Å². The van der Waals surface area contributed by atoms with Gasteiger partial charge in [-0.1, -0.05) is 20.3 Å². The van der Waals surface area contributed by atoms with Crippen molar-refractivity contribution < 1.29 is 14.3 Å². The summed E-state index contributed by atoms with van der Waals surface area (Å²) in [5, 5.41) is 3.17. The first-order chi connectivity index (χ1) is 10.1. The monoisotopic (exact) mass is 298 g/mol. The lowest BCUT2D eigenvalue weighted by Crippen LogP contribution is -2.52. The molecule has 2 amide bonds. The molecule has 5 heteroatoms. The molecular formula is C16H30N2O3. The number of carbonyl (C=O) groups is 1. The zero-order chi connectivity index (χ0) is 15.3. The maximum Gasteiger partial charge on any atom is 0.317 e. The molecule has 5 nitrogen and oxygen atoms in total. The molecule has 2 aliphatic heterocycles. The lowest BCUT2D eigenvalue weighted by molar-refractivity contribution is -0.189. The van der Waals surface area contributed by atoms with Gasteiger partial charge in [0.25, 0.3) is 0 Å². The number of hydrogen-bond donors (Lipinski definition) is 1. The van der Waals surface area contributed by atoms with E-state index in [-0.39, 0.29) is 18.0 Å². The molecule has 0 bridgehead atoms. The van der Waals surface area contributed by atoms with Gasteiger partial charge in [-0.2, -0.15) is 0 Å². The zero-order valence-corrected chi connectivity index (χ0v) is 13.7. The Labute approximate surface area is 128 Å². The van der Waals surface area contributed by atoms with Crippen molar-refractivity contribution in [1.82, 2.24) is 10.2 Å². The molecule has 1 N–H and O–H groups in total. The number of nitrogens with one attached hydrogen (secondary N) is 1. The van der Waals surface area contributed by atoms with Crippen LogP contribution in [-0.2, 0) is 9.47 Å². The number of amides is 2. The minimum atomic E-state index is -0.507. The molecule has 0 aromatic rings. The minimum absolute atomic E-state index is 0.0709. The van der Waals surface area contributed by atoms with Crippen LogP contribution in [0.4, 0.5) is 4.79 Å². The van der Waals surface area contributed by atoms with Crippen LogP contribution in [0, 0.1) is 5.92 Å². The number of nitrogens with zero attached hydrogens (tertiary/aromatic N) is 1. The Balaban J connectivity index is 1.89. The average Bonchev–Trinajstić information content (AvgIpc) is 2.95. The van der Waals surface area contributed by atoms with E-state index in [0.717, 1.165) is 45.2 Å². The molecule has 0 spiro atoms. The zero-order valence-electron chi connectivity index (χ0n) is 13.7. The SMILES string of the molecule is CCCC(CC)NC(=O)N1CCCC(C2(C)OCCO2)C1. The molecule has 0 aromatic heterocycles. The molecule has 2 saturated heterocycles. The highest BCUT2D eigenvalue weighted by atomic mass is 16.7. The van der Waals surface area contributed by atoms with Gasteiger partial charge in [0, 0.05) is 25.0 Å². The molecule has 0 aliphatic carbocycles. The summed E-state index contributed by atoms with van der Waals surface area (Å²) in [5.41, 5.74) is 0. The lowest BCUT2D eigenvalue weighted by Gasteiger charge is -2.40. The molecule has 2 aliphatic rings. The van der Waals surface area contributed by atoms with E-state index in [1.165, 1.54) is 0 Å². The van der Waals surface area contributed by atoms with Gasteiger partial charge in [0.1, 0.15) is 0 Å². The summed E-state index contributed by atoms with van der Waals surface area (Å²) in [4.78, 5) is 14.4. The fourth-order valence-electron chi connectivity index (χ4n) is 3.35. The molecule has 122 valence electrons. The Morgan fingerprint density at radius 1 is 1.38 bits per heavy atom. The van der Waals surface area contributed by atoms with Gasteiger partial charge < -0.3 is 19.7 Å². The fraction of sp³-hybridized carbons (Fsp3) is 0.938. The van der Waals surface area contributed by atoms with Gasteiger partial charge in [-0.25, -0.2) is 4.79 Å². The number of urea groups is 1. The van der Waals surface area contributed by atoms with Crippen LogP contribution in [-0.4, -0.2) is 49.1 Å². The van der Waals surface area contributed by atoms with E-state index in [0.29, 0.717) is 13.2 Å². The summed E-state index contributed by atoms with van der Waals surface area (Å²) in [6, 6.07) is 0.360. The Morgan fingerprint density at radius 3 is 2.71 bits per heavy atom. The van der Waals surface area contributed by atoms with Gasteiger partial charge in [0.15, 0.2) is 5.79 Å². The van der Waals surface area contributed by atoms with E-state index in [2.05, 4.69) is 19.2 Å². The number of piperidine rings is 1. The first kappa shape index (κ1) is 16.6. The third-order valence-electron chi connectivity index (χ3n) is 4.77. The van der Waals surface area contributed by atoms with E-state index >= 15 is 0 Å². The van der Waals surface area contributed by atoms with Crippen molar-refractivity contribution in [2.75, 3.05) is 26.3 Å². The predicted molar refractivity (Wildman–Crippen MR) is 82.1 cm³/mol. The van der Waals surface area contributed by atoms with Crippen LogP contribution >= 0.6 is 0 Å². The Bertz CT molecular complexity index is 342. The Hall–Kier alpha value is -0.810. The van der Waals surface area contributed by atoms with Crippen LogP contribution in [0.2, 0.25) is 0 Å². The molecule has 2 unspecified atom stereocenters. The van der Waals surface area contributed by atoms with E-state index in [1.54, 1.807) is 0 Å². The summed E-state index contributed by atoms with van der Waals surface area (Å²) < 4.78 is 11.5. The second kappa shape index (κ2) is 7.45. The maximum absolute atomic E-state index is 12.4. The average molecular weight is 298 g/mol. The predicted octanol–water partition coefficient (Wildman–Crippen LogP) is 2.75. The molecule has 21 heavy (non-hydrogen) atoms. The van der Waals surface area contributed by atoms with Gasteiger partial charge in [-0.05, 0) is 32.6 Å². The molecule has 2 atom stereocenters. The second-order valence-corrected chi connectivity index (χ2v) is 6.34. The van der Waals surface area contributed by atoms with Crippen LogP contribution < -0.4 is 5.32 Å². The van der Waals surface area contributed by atoms with Gasteiger partial charge >= 0.3 is 6.03 Å². The smallest absolute Gasteiger partial charge is 0.317 e. The molecule has 2 fully saturated rings. The summed E-state index contributed by atoms with van der Waals surface area (Å²) >= 11 is 0. The summed E-state index contributed by atoms with van der Waals surface area (Å²) in [5.74, 6) is -0.238. The molecule has 0 saturated carbocycles. The molecule has 0 radical (unpaired) electrons. The Morgan fingerprint density at radius 2 is 2.10 bits per heavy atom. The standard InChI is InChI=1S/C16H30N2O3/c1-4-7-14(5-2)17-15(19)18-9-6-8-13(12-18)16(3)20-10-11-21-16/h13-14H,4-12H2,1-3H3,(H,17,19). The lowest BCUT2D eigenvalue weighted by atomic mass is 9.90. The van der Waals surface area contributed by atoms with Crippen molar-refractivity contribution in [2.24, 2.45) is 5.92 Å². The first-order valence-electron chi connectivity index (χ1n) is 8.42. The van der Waals surface area contributed by atoms with Crippen molar-refractivity contribution >= 4 is 6.03 Å². The van der Waals surface area contributed by atoms with Crippen molar-refractivity contribution in [3.05, 3.63) is 0 Å². The van der Waals surface area contributed by atoms with Crippen LogP contribution in [0.15, 0.2) is 0 Å². The van der Waals surface area contributed by atoms with E-state index in [1.807, 2.05) is 11.8 Å². The first-order valence-corrected chi connectivity index (χ1v) is 8.42. The highest BCUT2D eigenvalue weighted by molar-refractivity contribution is 5.74. The topological polar surface area (TPSA) is 50.8 Å². The largest absolute Gasteiger partial charge is 0.347 e. The van der Waals surface area contributed by atoms with Crippen molar-refractivity contribution in [1.29, 1.82) is 0 Å². The highest BCUT2D eigenvalue weighted by Crippen LogP contribution is 2.34. The van der Waals surface area contributed by atoms with Gasteiger partial charge in [-0.15, -0.1) is 0 Å². The van der Waals surface area contributed by atoms with Gasteiger partial charge in [0.05, 0.1) is 13.2 Å². The van der Waals surface area contributed by atoms with Gasteiger partial charge in [0.2, 0.25) is 0 Å². The van der Waals surface area contributed by atoms with E-state index in [4.69, 9.17) is 9.47 Å². The maximum atomic E-state index is 12.4. The minimum Gasteiger partial charge on any atom is -0.347 e. The normalized spacial score (nSPS) is 26.6. The molecule has 0 aromatic carbocycles. The molecule has 2 heterocycles. The summed E-state index contributed by atoms with van der Waals surface area (Å²) in [7, 11) is 0. The summed E-state index contributed by atoms with van der Waals surface area (Å²) in [6.07, 6.45) is 5.21. The molecule has 2 rings (SSSR count). The number of likely N-dealkylation sites (tertiary alicyclic amines) is 1. The van der Waals surface area contributed by atoms with E-state index < -0.39 is 5.79 Å².